The van der Waals surface area contributed by atoms with Crippen molar-refractivity contribution in [3.63, 3.8) is 0 Å². The third kappa shape index (κ3) is 4.29. The maximum absolute atomic E-state index is 12.7. The van der Waals surface area contributed by atoms with E-state index in [1.54, 1.807) is 6.07 Å². The largest absolute Gasteiger partial charge is 0.493 e. The van der Waals surface area contributed by atoms with Crippen molar-refractivity contribution in [3.05, 3.63) is 63.7 Å². The van der Waals surface area contributed by atoms with Gasteiger partial charge in [-0.25, -0.2) is 0 Å². The number of ether oxygens (including phenoxy) is 2. The van der Waals surface area contributed by atoms with Crippen LogP contribution in [0.15, 0.2) is 42.5 Å². The molecule has 0 amide bonds. The number of para-hydroxylation sites is 1. The molecule has 0 radical (unpaired) electrons. The lowest BCUT2D eigenvalue weighted by Crippen LogP contribution is -2.05. The van der Waals surface area contributed by atoms with E-state index in [1.807, 2.05) is 6.07 Å². The van der Waals surface area contributed by atoms with Gasteiger partial charge in [0.15, 0.2) is 11.5 Å². The van der Waals surface area contributed by atoms with Crippen LogP contribution in [0.25, 0.3) is 11.6 Å². The SMILES string of the molecule is COc1cccc(/C=C(/C#N)c2ccc([N+](=O)[O-])cc2)c1OC(F)F. The number of rotatable bonds is 6. The van der Waals surface area contributed by atoms with Gasteiger partial charge in [0, 0.05) is 17.7 Å². The van der Waals surface area contributed by atoms with Gasteiger partial charge in [0.25, 0.3) is 5.69 Å². The summed E-state index contributed by atoms with van der Waals surface area (Å²) in [6.07, 6.45) is 1.35. The van der Waals surface area contributed by atoms with Crippen molar-refractivity contribution in [2.45, 2.75) is 6.61 Å². The van der Waals surface area contributed by atoms with E-state index in [1.165, 1.54) is 49.6 Å². The Balaban J connectivity index is 2.49. The Labute approximate surface area is 141 Å². The zero-order chi connectivity index (χ0) is 18.4. The molecular formula is C17H12F2N2O4. The van der Waals surface area contributed by atoms with Gasteiger partial charge in [0.2, 0.25) is 0 Å². The number of methoxy groups -OCH3 is 1. The average Bonchev–Trinajstić information content (AvgIpc) is 2.60. The molecule has 0 saturated carbocycles. The molecular weight excluding hydrogens is 334 g/mol. The number of nitro benzene ring substituents is 1. The number of nitro groups is 1. The Hall–Kier alpha value is -3.47. The van der Waals surface area contributed by atoms with Crippen LogP contribution in [0.4, 0.5) is 14.5 Å². The van der Waals surface area contributed by atoms with Gasteiger partial charge in [-0.15, -0.1) is 0 Å². The highest BCUT2D eigenvalue weighted by Gasteiger charge is 2.15. The predicted molar refractivity (Wildman–Crippen MR) is 86.2 cm³/mol. The molecule has 0 atom stereocenters. The maximum atomic E-state index is 12.7. The van der Waals surface area contributed by atoms with E-state index >= 15 is 0 Å². The fourth-order valence-electron chi connectivity index (χ4n) is 2.12. The quantitative estimate of drug-likeness (QED) is 0.337. The molecule has 2 aromatic carbocycles. The van der Waals surface area contributed by atoms with Crippen LogP contribution < -0.4 is 9.47 Å². The summed E-state index contributed by atoms with van der Waals surface area (Å²) in [6.45, 7) is -3.06. The average molecular weight is 346 g/mol. The highest BCUT2D eigenvalue weighted by atomic mass is 19.3. The molecule has 0 aliphatic heterocycles. The van der Waals surface area contributed by atoms with E-state index < -0.39 is 11.5 Å². The molecule has 128 valence electrons. The van der Waals surface area contributed by atoms with Gasteiger partial charge in [0.05, 0.1) is 23.7 Å². The lowest BCUT2D eigenvalue weighted by atomic mass is 10.0. The van der Waals surface area contributed by atoms with E-state index in [2.05, 4.69) is 4.74 Å². The van der Waals surface area contributed by atoms with Gasteiger partial charge in [-0.3, -0.25) is 10.1 Å². The first kappa shape index (κ1) is 17.9. The van der Waals surface area contributed by atoms with Crippen LogP contribution in [0.1, 0.15) is 11.1 Å². The number of hydrogen-bond acceptors (Lipinski definition) is 5. The molecule has 0 fully saturated rings. The number of benzene rings is 2. The second-order valence-electron chi connectivity index (χ2n) is 4.73. The number of alkyl halides is 2. The number of allylic oxidation sites excluding steroid dienone is 1. The van der Waals surface area contributed by atoms with E-state index in [-0.39, 0.29) is 28.3 Å². The first-order valence-electron chi connectivity index (χ1n) is 6.94. The minimum atomic E-state index is -3.06. The standard InChI is InChI=1S/C17H12F2N2O4/c1-24-15-4-2-3-12(16(15)25-17(18)19)9-13(10-20)11-5-7-14(8-6-11)21(22)23/h2-9,17H,1H3/b13-9-. The second kappa shape index (κ2) is 7.88. The van der Waals surface area contributed by atoms with Crippen molar-refractivity contribution in [1.29, 1.82) is 5.26 Å². The zero-order valence-corrected chi connectivity index (χ0v) is 13.0. The zero-order valence-electron chi connectivity index (χ0n) is 13.0. The van der Waals surface area contributed by atoms with Gasteiger partial charge in [-0.2, -0.15) is 14.0 Å². The van der Waals surface area contributed by atoms with Gasteiger partial charge in [0.1, 0.15) is 0 Å². The number of hydrogen-bond donors (Lipinski definition) is 0. The van der Waals surface area contributed by atoms with Crippen LogP contribution in [0.5, 0.6) is 11.5 Å². The van der Waals surface area contributed by atoms with Crippen molar-refractivity contribution < 1.29 is 23.2 Å². The van der Waals surface area contributed by atoms with Crippen molar-refractivity contribution in [2.75, 3.05) is 7.11 Å². The van der Waals surface area contributed by atoms with Crippen LogP contribution >= 0.6 is 0 Å². The van der Waals surface area contributed by atoms with E-state index in [4.69, 9.17) is 4.74 Å². The van der Waals surface area contributed by atoms with Crippen molar-refractivity contribution in [1.82, 2.24) is 0 Å². The van der Waals surface area contributed by atoms with E-state index in [0.29, 0.717) is 5.56 Å². The predicted octanol–water partition coefficient (Wildman–Crippen LogP) is 4.27. The fourth-order valence-corrected chi connectivity index (χ4v) is 2.12. The van der Waals surface area contributed by atoms with Gasteiger partial charge >= 0.3 is 6.61 Å². The molecule has 0 N–H and O–H groups in total. The van der Waals surface area contributed by atoms with Crippen LogP contribution in [0.2, 0.25) is 0 Å². The number of nitrogens with zero attached hydrogens (tertiary/aromatic N) is 2. The van der Waals surface area contributed by atoms with Crippen molar-refractivity contribution >= 4 is 17.3 Å². The van der Waals surface area contributed by atoms with Crippen LogP contribution in [0.3, 0.4) is 0 Å². The summed E-state index contributed by atoms with van der Waals surface area (Å²) in [4.78, 5) is 10.1. The molecule has 25 heavy (non-hydrogen) atoms. The molecule has 2 aromatic rings. The normalized spacial score (nSPS) is 11.1. The highest BCUT2D eigenvalue weighted by molar-refractivity contribution is 5.91. The summed E-state index contributed by atoms with van der Waals surface area (Å²) in [5.74, 6) is -0.107. The van der Waals surface area contributed by atoms with Crippen molar-refractivity contribution in [2.24, 2.45) is 0 Å². The van der Waals surface area contributed by atoms with E-state index in [0.717, 1.165) is 0 Å². The Bertz CT molecular complexity index is 843. The van der Waals surface area contributed by atoms with E-state index in [9.17, 15) is 24.2 Å². The van der Waals surface area contributed by atoms with Gasteiger partial charge in [-0.05, 0) is 29.8 Å². The first-order chi connectivity index (χ1) is 12.0. The Morgan fingerprint density at radius 3 is 2.48 bits per heavy atom. The summed E-state index contributed by atoms with van der Waals surface area (Å²) in [6, 6.07) is 11.8. The molecule has 0 aromatic heterocycles. The molecule has 0 saturated heterocycles. The Morgan fingerprint density at radius 2 is 1.96 bits per heavy atom. The van der Waals surface area contributed by atoms with Crippen LogP contribution in [-0.2, 0) is 0 Å². The van der Waals surface area contributed by atoms with Gasteiger partial charge in [-0.1, -0.05) is 12.1 Å². The Kier molecular flexibility index (Phi) is 5.63. The topological polar surface area (TPSA) is 85.4 Å². The highest BCUT2D eigenvalue weighted by Crippen LogP contribution is 2.35. The second-order valence-corrected chi connectivity index (χ2v) is 4.73. The summed E-state index contributed by atoms with van der Waals surface area (Å²) in [7, 11) is 1.31. The molecule has 0 aliphatic rings. The lowest BCUT2D eigenvalue weighted by molar-refractivity contribution is -0.384. The smallest absolute Gasteiger partial charge is 0.387 e. The summed E-state index contributed by atoms with van der Waals surface area (Å²) < 4.78 is 34.8. The van der Waals surface area contributed by atoms with Crippen LogP contribution in [0, 0.1) is 21.4 Å². The molecule has 0 bridgehead atoms. The molecule has 0 heterocycles. The molecule has 0 aliphatic carbocycles. The summed E-state index contributed by atoms with van der Waals surface area (Å²) >= 11 is 0. The van der Waals surface area contributed by atoms with Gasteiger partial charge < -0.3 is 9.47 Å². The first-order valence-corrected chi connectivity index (χ1v) is 6.94. The summed E-state index contributed by atoms with van der Waals surface area (Å²) in [5.41, 5.74) is 0.625. The minimum Gasteiger partial charge on any atom is -0.493 e. The maximum Gasteiger partial charge on any atom is 0.387 e. The molecule has 0 unspecified atom stereocenters. The lowest BCUT2D eigenvalue weighted by Gasteiger charge is -2.12. The molecule has 8 heteroatoms. The third-order valence-corrected chi connectivity index (χ3v) is 3.25. The number of nitriles is 1. The van der Waals surface area contributed by atoms with Crippen molar-refractivity contribution in [3.8, 4) is 17.6 Å². The summed E-state index contributed by atoms with van der Waals surface area (Å²) in [5, 5.41) is 20.0. The third-order valence-electron chi connectivity index (χ3n) is 3.25. The van der Waals surface area contributed by atoms with Crippen LogP contribution in [-0.4, -0.2) is 18.6 Å². The molecule has 0 spiro atoms. The Morgan fingerprint density at radius 1 is 1.28 bits per heavy atom. The number of halogens is 2. The minimum absolute atomic E-state index is 0.0926. The number of non-ortho nitro benzene ring substituents is 1. The molecule has 2 rings (SSSR count). The fraction of sp³-hybridized carbons (Fsp3) is 0.118. The monoisotopic (exact) mass is 346 g/mol. The molecule has 6 nitrogen and oxygen atoms in total.